The highest BCUT2D eigenvalue weighted by atomic mass is 35.5. The first-order valence-electron chi connectivity index (χ1n) is 5.75. The van der Waals surface area contributed by atoms with Crippen LogP contribution in [0, 0.1) is 0 Å². The molecule has 0 aliphatic heterocycles. The Balaban J connectivity index is 2.19. The molecule has 1 aromatic carbocycles. The quantitative estimate of drug-likeness (QED) is 0.575. The van der Waals surface area contributed by atoms with Gasteiger partial charge in [-0.25, -0.2) is 10.8 Å². The molecule has 20 heavy (non-hydrogen) atoms. The molecule has 5 N–H and O–H groups in total. The van der Waals surface area contributed by atoms with Gasteiger partial charge in [-0.1, -0.05) is 23.7 Å². The highest BCUT2D eigenvalue weighted by Crippen LogP contribution is 2.21. The van der Waals surface area contributed by atoms with Gasteiger partial charge in [-0.2, -0.15) is 0 Å². The number of nitrogen functional groups attached to an aromatic ring is 1. The highest BCUT2D eigenvalue weighted by molar-refractivity contribution is 6.31. The number of benzene rings is 1. The van der Waals surface area contributed by atoms with E-state index in [1.807, 2.05) is 0 Å². The van der Waals surface area contributed by atoms with Gasteiger partial charge in [-0.3, -0.25) is 4.79 Å². The lowest BCUT2D eigenvalue weighted by molar-refractivity contribution is 0.0996. The zero-order valence-electron chi connectivity index (χ0n) is 10.5. The number of nitrogens with zero attached hydrogens (tertiary/aromatic N) is 1. The van der Waals surface area contributed by atoms with Crippen LogP contribution in [0.15, 0.2) is 36.4 Å². The van der Waals surface area contributed by atoms with Crippen molar-refractivity contribution in [2.24, 2.45) is 11.6 Å². The van der Waals surface area contributed by atoms with Gasteiger partial charge in [0.05, 0.1) is 16.3 Å². The van der Waals surface area contributed by atoms with E-state index in [1.54, 1.807) is 36.4 Å². The van der Waals surface area contributed by atoms with Crippen LogP contribution in [-0.4, -0.2) is 10.9 Å². The van der Waals surface area contributed by atoms with Crippen molar-refractivity contribution in [3.8, 4) is 5.75 Å². The minimum atomic E-state index is -0.558. The smallest absolute Gasteiger partial charge is 0.252 e. The first-order valence-corrected chi connectivity index (χ1v) is 6.13. The number of halogens is 1. The van der Waals surface area contributed by atoms with Gasteiger partial charge in [0, 0.05) is 0 Å². The summed E-state index contributed by atoms with van der Waals surface area (Å²) in [5, 5.41) is 0.445. The molecule has 7 heteroatoms. The van der Waals surface area contributed by atoms with E-state index in [9.17, 15) is 4.79 Å². The van der Waals surface area contributed by atoms with Crippen molar-refractivity contribution in [2.45, 2.75) is 6.61 Å². The summed E-state index contributed by atoms with van der Waals surface area (Å²) in [6.45, 7) is 0.0959. The van der Waals surface area contributed by atoms with Crippen molar-refractivity contribution in [3.05, 3.63) is 52.7 Å². The Bertz CT molecular complexity index is 634. The maximum Gasteiger partial charge on any atom is 0.252 e. The Morgan fingerprint density at radius 3 is 2.75 bits per heavy atom. The standard InChI is InChI=1S/C13H13ClN4O2/c14-9-5-6-12(18-16)17-10(9)7-20-11-4-2-1-3-8(11)13(15)19/h1-6H,7,16H2,(H2,15,19)(H,17,18). The third-order valence-corrected chi connectivity index (χ3v) is 2.93. The molecule has 2 aromatic rings. The van der Waals surface area contributed by atoms with E-state index in [0.29, 0.717) is 27.8 Å². The number of hydrogen-bond acceptors (Lipinski definition) is 5. The van der Waals surface area contributed by atoms with E-state index in [4.69, 9.17) is 27.9 Å². The molecule has 0 saturated heterocycles. The molecule has 0 atom stereocenters. The normalized spacial score (nSPS) is 10.1. The number of pyridine rings is 1. The van der Waals surface area contributed by atoms with Crippen molar-refractivity contribution < 1.29 is 9.53 Å². The molecule has 0 saturated carbocycles. The number of para-hydroxylation sites is 1. The fraction of sp³-hybridized carbons (Fsp3) is 0.0769. The van der Waals surface area contributed by atoms with Crippen LogP contribution in [0.4, 0.5) is 5.82 Å². The number of rotatable bonds is 5. The number of hydrazine groups is 1. The lowest BCUT2D eigenvalue weighted by Crippen LogP contribution is -2.13. The lowest BCUT2D eigenvalue weighted by atomic mass is 10.2. The number of aromatic nitrogens is 1. The lowest BCUT2D eigenvalue weighted by Gasteiger charge is -2.10. The molecule has 0 unspecified atom stereocenters. The molecular formula is C13H13ClN4O2. The Hall–Kier alpha value is -2.31. The van der Waals surface area contributed by atoms with E-state index >= 15 is 0 Å². The zero-order chi connectivity index (χ0) is 14.5. The predicted molar refractivity (Wildman–Crippen MR) is 76.3 cm³/mol. The summed E-state index contributed by atoms with van der Waals surface area (Å²) in [7, 11) is 0. The Labute approximate surface area is 120 Å². The van der Waals surface area contributed by atoms with Crippen LogP contribution in [0.5, 0.6) is 5.75 Å². The molecule has 0 bridgehead atoms. The van der Waals surface area contributed by atoms with Gasteiger partial charge < -0.3 is 15.9 Å². The molecule has 104 valence electrons. The minimum Gasteiger partial charge on any atom is -0.486 e. The van der Waals surface area contributed by atoms with Crippen molar-refractivity contribution in [2.75, 3.05) is 5.43 Å². The fourth-order valence-electron chi connectivity index (χ4n) is 1.61. The molecule has 6 nitrogen and oxygen atoms in total. The summed E-state index contributed by atoms with van der Waals surface area (Å²) < 4.78 is 5.55. The third kappa shape index (κ3) is 3.17. The second-order valence-electron chi connectivity index (χ2n) is 3.92. The number of nitrogens with one attached hydrogen (secondary N) is 1. The zero-order valence-corrected chi connectivity index (χ0v) is 11.2. The SMILES string of the molecule is NNc1ccc(Cl)c(COc2ccccc2C(N)=O)n1. The Morgan fingerprint density at radius 2 is 2.05 bits per heavy atom. The summed E-state index contributed by atoms with van der Waals surface area (Å²) in [4.78, 5) is 15.4. The van der Waals surface area contributed by atoms with Gasteiger partial charge in [0.25, 0.3) is 5.91 Å². The summed E-state index contributed by atoms with van der Waals surface area (Å²) in [5.74, 6) is 5.57. The van der Waals surface area contributed by atoms with Gasteiger partial charge >= 0.3 is 0 Å². The summed E-state index contributed by atoms with van der Waals surface area (Å²) in [6, 6.07) is 9.99. The number of carbonyl (C=O) groups excluding carboxylic acids is 1. The minimum absolute atomic E-state index is 0.0959. The predicted octanol–water partition coefficient (Wildman–Crippen LogP) is 1.70. The van der Waals surface area contributed by atoms with E-state index in [-0.39, 0.29) is 6.61 Å². The number of ether oxygens (including phenoxy) is 1. The van der Waals surface area contributed by atoms with Crippen LogP contribution in [0.25, 0.3) is 0 Å². The van der Waals surface area contributed by atoms with Crippen LogP contribution >= 0.6 is 11.6 Å². The number of carbonyl (C=O) groups is 1. The number of primary amides is 1. The number of hydrogen-bond donors (Lipinski definition) is 3. The van der Waals surface area contributed by atoms with Crippen LogP contribution in [0.1, 0.15) is 16.1 Å². The molecule has 2 rings (SSSR count). The molecule has 0 aliphatic carbocycles. The Morgan fingerprint density at radius 1 is 1.30 bits per heavy atom. The van der Waals surface area contributed by atoms with Gasteiger partial charge in [-0.15, -0.1) is 0 Å². The van der Waals surface area contributed by atoms with Crippen LogP contribution in [-0.2, 0) is 6.61 Å². The fourth-order valence-corrected chi connectivity index (χ4v) is 1.77. The second-order valence-corrected chi connectivity index (χ2v) is 4.33. The molecule has 0 spiro atoms. The topological polar surface area (TPSA) is 103 Å². The molecule has 0 radical (unpaired) electrons. The molecule has 0 fully saturated rings. The van der Waals surface area contributed by atoms with Crippen LogP contribution in [0.3, 0.4) is 0 Å². The van der Waals surface area contributed by atoms with Crippen molar-refractivity contribution in [3.63, 3.8) is 0 Å². The van der Waals surface area contributed by atoms with E-state index in [0.717, 1.165) is 0 Å². The number of amides is 1. The molecule has 1 aromatic heterocycles. The van der Waals surface area contributed by atoms with Gasteiger partial charge in [0.15, 0.2) is 0 Å². The van der Waals surface area contributed by atoms with Gasteiger partial charge in [0.2, 0.25) is 0 Å². The molecular weight excluding hydrogens is 280 g/mol. The second kappa shape index (κ2) is 6.23. The maximum absolute atomic E-state index is 11.3. The number of anilines is 1. The molecule has 0 aliphatic rings. The van der Waals surface area contributed by atoms with E-state index < -0.39 is 5.91 Å². The van der Waals surface area contributed by atoms with Gasteiger partial charge in [0.1, 0.15) is 18.2 Å². The Kier molecular flexibility index (Phi) is 4.39. The maximum atomic E-state index is 11.3. The molecule has 1 amide bonds. The van der Waals surface area contributed by atoms with E-state index in [1.165, 1.54) is 0 Å². The first-order chi connectivity index (χ1) is 9.61. The number of nitrogens with two attached hydrogens (primary N) is 2. The van der Waals surface area contributed by atoms with Gasteiger partial charge in [-0.05, 0) is 24.3 Å². The van der Waals surface area contributed by atoms with Crippen molar-refractivity contribution in [1.29, 1.82) is 0 Å². The average molecular weight is 293 g/mol. The van der Waals surface area contributed by atoms with E-state index in [2.05, 4.69) is 10.4 Å². The molecule has 1 heterocycles. The van der Waals surface area contributed by atoms with Crippen LogP contribution < -0.4 is 21.7 Å². The van der Waals surface area contributed by atoms with Crippen molar-refractivity contribution >= 4 is 23.3 Å². The summed E-state index contributed by atoms with van der Waals surface area (Å²) in [6.07, 6.45) is 0. The summed E-state index contributed by atoms with van der Waals surface area (Å²) >= 11 is 6.02. The first kappa shape index (κ1) is 14.1. The average Bonchev–Trinajstić information content (AvgIpc) is 2.46. The summed E-state index contributed by atoms with van der Waals surface area (Å²) in [5.41, 5.74) is 8.50. The van der Waals surface area contributed by atoms with Crippen LogP contribution in [0.2, 0.25) is 5.02 Å². The highest BCUT2D eigenvalue weighted by Gasteiger charge is 2.10. The largest absolute Gasteiger partial charge is 0.486 e. The monoisotopic (exact) mass is 292 g/mol. The third-order valence-electron chi connectivity index (χ3n) is 2.58. The van der Waals surface area contributed by atoms with Crippen molar-refractivity contribution in [1.82, 2.24) is 4.98 Å².